The molecule has 0 radical (unpaired) electrons. The first-order chi connectivity index (χ1) is 9.15. The van der Waals surface area contributed by atoms with E-state index in [0.717, 1.165) is 18.2 Å². The number of hydrogen-bond acceptors (Lipinski definition) is 2. The Morgan fingerprint density at radius 2 is 2.00 bits per heavy atom. The molecule has 1 amide bonds. The lowest BCUT2D eigenvalue weighted by atomic mass is 10.0. The van der Waals surface area contributed by atoms with Gasteiger partial charge in [0.15, 0.2) is 0 Å². The topological polar surface area (TPSA) is 49.3 Å². The fraction of sp³-hybridized carbons (Fsp3) is 0.267. The first-order valence-electron chi connectivity index (χ1n) is 6.24. The largest absolute Gasteiger partial charge is 0.506 e. The minimum atomic E-state index is -0.267. The minimum absolute atomic E-state index is 0.0287. The molecule has 0 unspecified atom stereocenters. The molecule has 0 bridgehead atoms. The highest BCUT2D eigenvalue weighted by Crippen LogP contribution is 2.37. The molecule has 98 valence electrons. The highest BCUT2D eigenvalue weighted by atomic mass is 35.5. The molecule has 1 aliphatic rings. The molecule has 1 aliphatic carbocycles. The van der Waals surface area contributed by atoms with Gasteiger partial charge in [-0.05, 0) is 24.3 Å². The van der Waals surface area contributed by atoms with Crippen LogP contribution in [-0.4, -0.2) is 22.4 Å². The fourth-order valence-corrected chi connectivity index (χ4v) is 2.52. The number of carbonyl (C=O) groups excluding carboxylic acids is 1. The van der Waals surface area contributed by atoms with Gasteiger partial charge in [0.05, 0.1) is 11.1 Å². The van der Waals surface area contributed by atoms with Gasteiger partial charge in [-0.2, -0.15) is 0 Å². The Hall–Kier alpha value is -1.74. The molecule has 3 rings (SSSR count). The van der Waals surface area contributed by atoms with Crippen LogP contribution in [0.4, 0.5) is 0 Å². The highest BCUT2D eigenvalue weighted by Gasteiger charge is 2.43. The summed E-state index contributed by atoms with van der Waals surface area (Å²) < 4.78 is 0. The van der Waals surface area contributed by atoms with Crippen molar-refractivity contribution in [3.05, 3.63) is 42.0 Å². The Morgan fingerprint density at radius 3 is 2.68 bits per heavy atom. The molecule has 0 aromatic heterocycles. The zero-order valence-corrected chi connectivity index (χ0v) is 11.1. The SMILES string of the molecule is O=C(NC1(CCl)CC1)c1ccc2ccccc2c1O. The lowest BCUT2D eigenvalue weighted by Gasteiger charge is -2.15. The van der Waals surface area contributed by atoms with Gasteiger partial charge < -0.3 is 10.4 Å². The van der Waals surface area contributed by atoms with Crippen molar-refractivity contribution in [2.45, 2.75) is 18.4 Å². The molecule has 2 aromatic carbocycles. The Morgan fingerprint density at radius 1 is 1.26 bits per heavy atom. The molecule has 1 fully saturated rings. The number of hydrogen-bond donors (Lipinski definition) is 2. The van der Waals surface area contributed by atoms with Crippen LogP contribution in [0, 0.1) is 0 Å². The second kappa shape index (κ2) is 4.42. The monoisotopic (exact) mass is 275 g/mol. The van der Waals surface area contributed by atoms with E-state index < -0.39 is 0 Å². The summed E-state index contributed by atoms with van der Waals surface area (Å²) in [4.78, 5) is 12.2. The van der Waals surface area contributed by atoms with Crippen molar-refractivity contribution in [3.63, 3.8) is 0 Å². The third kappa shape index (κ3) is 2.15. The summed E-state index contributed by atoms with van der Waals surface area (Å²) >= 11 is 5.84. The van der Waals surface area contributed by atoms with Crippen LogP contribution in [0.25, 0.3) is 10.8 Å². The van der Waals surface area contributed by atoms with Crippen molar-refractivity contribution >= 4 is 28.3 Å². The van der Waals surface area contributed by atoms with E-state index in [0.29, 0.717) is 16.8 Å². The van der Waals surface area contributed by atoms with Crippen molar-refractivity contribution in [2.24, 2.45) is 0 Å². The van der Waals surface area contributed by atoms with Crippen LogP contribution in [0.3, 0.4) is 0 Å². The average molecular weight is 276 g/mol. The van der Waals surface area contributed by atoms with E-state index in [1.54, 1.807) is 12.1 Å². The van der Waals surface area contributed by atoms with Crippen LogP contribution in [0.5, 0.6) is 5.75 Å². The second-order valence-corrected chi connectivity index (χ2v) is 5.32. The smallest absolute Gasteiger partial charge is 0.255 e. The van der Waals surface area contributed by atoms with Crippen molar-refractivity contribution in [2.75, 3.05) is 5.88 Å². The summed E-state index contributed by atoms with van der Waals surface area (Å²) in [6.07, 6.45) is 1.80. The van der Waals surface area contributed by atoms with Crippen LogP contribution >= 0.6 is 11.6 Å². The third-order valence-electron chi connectivity index (χ3n) is 3.63. The molecule has 2 N–H and O–H groups in total. The number of phenols is 1. The lowest BCUT2D eigenvalue weighted by molar-refractivity contribution is 0.0933. The zero-order valence-electron chi connectivity index (χ0n) is 10.3. The van der Waals surface area contributed by atoms with Gasteiger partial charge in [0.25, 0.3) is 5.91 Å². The molecular formula is C15H14ClNO2. The molecule has 1 saturated carbocycles. The minimum Gasteiger partial charge on any atom is -0.506 e. The Bertz CT molecular complexity index is 650. The van der Waals surface area contributed by atoms with Gasteiger partial charge in [-0.25, -0.2) is 0 Å². The van der Waals surface area contributed by atoms with Crippen molar-refractivity contribution in [3.8, 4) is 5.75 Å². The van der Waals surface area contributed by atoms with Crippen LogP contribution in [0.2, 0.25) is 0 Å². The molecule has 0 atom stereocenters. The number of nitrogens with one attached hydrogen (secondary N) is 1. The van der Waals surface area contributed by atoms with E-state index in [1.165, 1.54) is 0 Å². The van der Waals surface area contributed by atoms with Gasteiger partial charge in [-0.15, -0.1) is 11.6 Å². The quantitative estimate of drug-likeness (QED) is 0.846. The van der Waals surface area contributed by atoms with Crippen molar-refractivity contribution in [1.82, 2.24) is 5.32 Å². The number of fused-ring (bicyclic) bond motifs is 1. The zero-order chi connectivity index (χ0) is 13.5. The average Bonchev–Trinajstić information content (AvgIpc) is 3.19. The predicted molar refractivity (Wildman–Crippen MR) is 75.8 cm³/mol. The maximum atomic E-state index is 12.2. The van der Waals surface area contributed by atoms with Crippen molar-refractivity contribution in [1.29, 1.82) is 0 Å². The molecule has 0 spiro atoms. The van der Waals surface area contributed by atoms with Gasteiger partial charge in [0.1, 0.15) is 5.75 Å². The standard InChI is InChI=1S/C15H14ClNO2/c16-9-15(7-8-15)17-14(19)12-6-5-10-3-1-2-4-11(10)13(12)18/h1-6,18H,7-9H2,(H,17,19). The molecule has 4 heteroatoms. The summed E-state index contributed by atoms with van der Waals surface area (Å²) in [5.41, 5.74) is 0.0339. The first kappa shape index (κ1) is 12.3. The molecule has 3 nitrogen and oxygen atoms in total. The van der Waals surface area contributed by atoms with Crippen LogP contribution < -0.4 is 5.32 Å². The van der Waals surface area contributed by atoms with Gasteiger partial charge in [0.2, 0.25) is 0 Å². The lowest BCUT2D eigenvalue weighted by Crippen LogP contribution is -2.38. The number of aromatic hydroxyl groups is 1. The number of benzene rings is 2. The number of phenolic OH excluding ortho intramolecular Hbond substituents is 1. The molecular weight excluding hydrogens is 262 g/mol. The number of amides is 1. The van der Waals surface area contributed by atoms with Crippen LogP contribution in [-0.2, 0) is 0 Å². The maximum absolute atomic E-state index is 12.2. The predicted octanol–water partition coefficient (Wildman–Crippen LogP) is 3.05. The van der Waals surface area contributed by atoms with Crippen LogP contribution in [0.15, 0.2) is 36.4 Å². The molecule has 0 heterocycles. The number of halogens is 1. The Labute approximate surface area is 116 Å². The van der Waals surface area contributed by atoms with E-state index in [-0.39, 0.29) is 17.2 Å². The maximum Gasteiger partial charge on any atom is 0.255 e. The molecule has 19 heavy (non-hydrogen) atoms. The Balaban J connectivity index is 1.96. The molecule has 0 saturated heterocycles. The summed E-state index contributed by atoms with van der Waals surface area (Å²) in [5.74, 6) is 0.176. The van der Waals surface area contributed by atoms with Crippen LogP contribution in [0.1, 0.15) is 23.2 Å². The first-order valence-corrected chi connectivity index (χ1v) is 6.78. The van der Waals surface area contributed by atoms with Gasteiger partial charge in [-0.1, -0.05) is 30.3 Å². The van der Waals surface area contributed by atoms with E-state index >= 15 is 0 Å². The molecule has 2 aromatic rings. The van der Waals surface area contributed by atoms with E-state index in [9.17, 15) is 9.90 Å². The highest BCUT2D eigenvalue weighted by molar-refractivity contribution is 6.19. The summed E-state index contributed by atoms with van der Waals surface area (Å²) in [6.45, 7) is 0. The third-order valence-corrected chi connectivity index (χ3v) is 4.14. The molecule has 0 aliphatic heterocycles. The normalized spacial score (nSPS) is 16.3. The fourth-order valence-electron chi connectivity index (χ4n) is 2.19. The second-order valence-electron chi connectivity index (χ2n) is 5.05. The van der Waals surface area contributed by atoms with E-state index in [2.05, 4.69) is 5.32 Å². The van der Waals surface area contributed by atoms with Crippen molar-refractivity contribution < 1.29 is 9.90 Å². The Kier molecular flexibility index (Phi) is 2.86. The van der Waals surface area contributed by atoms with E-state index in [1.807, 2.05) is 24.3 Å². The number of carbonyl (C=O) groups is 1. The van der Waals surface area contributed by atoms with Gasteiger partial charge in [-0.3, -0.25) is 4.79 Å². The summed E-state index contributed by atoms with van der Waals surface area (Å²) in [6, 6.07) is 10.9. The van der Waals surface area contributed by atoms with Gasteiger partial charge in [0, 0.05) is 11.3 Å². The number of alkyl halides is 1. The van der Waals surface area contributed by atoms with Gasteiger partial charge >= 0.3 is 0 Å². The summed E-state index contributed by atoms with van der Waals surface area (Å²) in [5, 5.41) is 14.7. The van der Waals surface area contributed by atoms with E-state index in [4.69, 9.17) is 11.6 Å². The summed E-state index contributed by atoms with van der Waals surface area (Å²) in [7, 11) is 0. The number of rotatable bonds is 3.